The van der Waals surface area contributed by atoms with Crippen molar-refractivity contribution >= 4 is 11.9 Å². The molecule has 9 atom stereocenters. The maximum Gasteiger partial charge on any atom is 0.410 e. The Hall–Kier alpha value is -2.08. The van der Waals surface area contributed by atoms with E-state index in [0.717, 1.165) is 13.1 Å². The van der Waals surface area contributed by atoms with Crippen LogP contribution in [0.5, 0.6) is 0 Å². The molecule has 286 valence electrons. The average Bonchev–Trinajstić information content (AvgIpc) is 3.90. The first-order chi connectivity index (χ1) is 23.6. The van der Waals surface area contributed by atoms with Crippen molar-refractivity contribution in [3.8, 4) is 0 Å². The molecule has 2 saturated heterocycles. The Balaban J connectivity index is 1.61. The highest BCUT2D eigenvalue weighted by Gasteiger charge is 2.47. The summed E-state index contributed by atoms with van der Waals surface area (Å²) in [4.78, 5) is 30.9. The third-order valence-electron chi connectivity index (χ3n) is 11.2. The van der Waals surface area contributed by atoms with E-state index in [1.165, 1.54) is 38.5 Å². The predicted molar refractivity (Wildman–Crippen MR) is 197 cm³/mol. The third-order valence-corrected chi connectivity index (χ3v) is 11.2. The van der Waals surface area contributed by atoms with Gasteiger partial charge in [-0.1, -0.05) is 77.7 Å². The maximum atomic E-state index is 13.4. The number of hydrogen-bond acceptors (Lipinski definition) is 9. The number of carbonyl (C=O) groups excluding carboxylic acids is 2. The zero-order valence-electron chi connectivity index (χ0n) is 31.9. The molecule has 2 aliphatic heterocycles. The van der Waals surface area contributed by atoms with Crippen molar-refractivity contribution in [1.82, 2.24) is 9.80 Å². The summed E-state index contributed by atoms with van der Waals surface area (Å²) in [6, 6.07) is 0.581. The van der Waals surface area contributed by atoms with Gasteiger partial charge in [-0.15, -0.1) is 0 Å². The average molecular weight is 705 g/mol. The number of rotatable bonds is 18. The summed E-state index contributed by atoms with van der Waals surface area (Å²) < 4.78 is 11.7. The minimum atomic E-state index is -1.46. The van der Waals surface area contributed by atoms with Crippen molar-refractivity contribution < 1.29 is 39.5 Å². The third kappa shape index (κ3) is 13.2. The molecule has 10 heteroatoms. The van der Waals surface area contributed by atoms with E-state index in [2.05, 4.69) is 4.90 Å². The van der Waals surface area contributed by atoms with Gasteiger partial charge >= 0.3 is 6.09 Å². The quantitative estimate of drug-likeness (QED) is 0.0464. The van der Waals surface area contributed by atoms with E-state index >= 15 is 0 Å². The molecule has 4 N–H and O–H groups in total. The van der Waals surface area contributed by atoms with Gasteiger partial charge in [0.25, 0.3) is 0 Å². The van der Waals surface area contributed by atoms with Crippen molar-refractivity contribution in [2.45, 2.75) is 167 Å². The number of carbonyl (C=O) groups is 2. The smallest absolute Gasteiger partial charge is 0.410 e. The molecule has 1 saturated carbocycles. The van der Waals surface area contributed by atoms with Crippen LogP contribution in [-0.2, 0) is 14.3 Å². The Morgan fingerprint density at radius 2 is 1.60 bits per heavy atom. The number of ketones is 1. The van der Waals surface area contributed by atoms with Crippen molar-refractivity contribution in [3.63, 3.8) is 0 Å². The number of allylic oxidation sites excluding steroid dienone is 4. The van der Waals surface area contributed by atoms with Gasteiger partial charge in [0.2, 0.25) is 0 Å². The highest BCUT2D eigenvalue weighted by molar-refractivity contribution is 5.97. The van der Waals surface area contributed by atoms with Gasteiger partial charge in [0.05, 0.1) is 30.0 Å². The highest BCUT2D eigenvalue weighted by Crippen LogP contribution is 2.37. The van der Waals surface area contributed by atoms with Crippen LogP contribution in [0.25, 0.3) is 0 Å². The number of ether oxygens (including phenoxy) is 2. The second kappa shape index (κ2) is 19.7. The van der Waals surface area contributed by atoms with Crippen LogP contribution in [0.15, 0.2) is 36.0 Å². The minimum absolute atomic E-state index is 0.000190. The fourth-order valence-corrected chi connectivity index (χ4v) is 7.30. The maximum absolute atomic E-state index is 13.4. The Morgan fingerprint density at radius 1 is 0.960 bits per heavy atom. The Morgan fingerprint density at radius 3 is 2.20 bits per heavy atom. The summed E-state index contributed by atoms with van der Waals surface area (Å²) in [6.45, 7) is 15.3. The van der Waals surface area contributed by atoms with Gasteiger partial charge in [0, 0.05) is 50.5 Å². The van der Waals surface area contributed by atoms with Crippen molar-refractivity contribution in [2.75, 3.05) is 26.2 Å². The molecule has 0 aromatic rings. The van der Waals surface area contributed by atoms with Crippen LogP contribution in [0.4, 0.5) is 4.79 Å². The number of aliphatic hydroxyl groups is 4. The summed E-state index contributed by atoms with van der Waals surface area (Å²) in [6.07, 6.45) is 15.3. The molecular weight excluding hydrogens is 636 g/mol. The van der Waals surface area contributed by atoms with Crippen LogP contribution in [-0.4, -0.2) is 116 Å². The van der Waals surface area contributed by atoms with Crippen molar-refractivity contribution in [3.05, 3.63) is 36.0 Å². The van der Waals surface area contributed by atoms with E-state index in [1.54, 1.807) is 63.0 Å². The number of Topliss-reactive ketones (excluding diaryl/α,β-unsaturated/α-hetero) is 1. The van der Waals surface area contributed by atoms with E-state index < -0.39 is 41.5 Å². The first kappa shape index (κ1) is 42.3. The lowest BCUT2D eigenvalue weighted by atomic mass is 9.89. The minimum Gasteiger partial charge on any atom is -0.439 e. The van der Waals surface area contributed by atoms with Crippen LogP contribution in [0.2, 0.25) is 0 Å². The number of piperazine rings is 1. The number of amides is 1. The molecule has 3 fully saturated rings. The molecule has 0 aromatic carbocycles. The normalized spacial score (nSPS) is 26.9. The van der Waals surface area contributed by atoms with E-state index in [-0.39, 0.29) is 30.3 Å². The molecule has 1 aliphatic carbocycles. The molecule has 1 amide bonds. The molecule has 9 unspecified atom stereocenters. The fraction of sp³-hybridized carbons (Fsp3) is 0.800. The van der Waals surface area contributed by atoms with E-state index in [9.17, 15) is 30.0 Å². The van der Waals surface area contributed by atoms with Gasteiger partial charge < -0.3 is 34.8 Å². The predicted octanol–water partition coefficient (Wildman–Crippen LogP) is 5.71. The molecule has 3 rings (SSSR count). The van der Waals surface area contributed by atoms with Gasteiger partial charge in [-0.05, 0) is 70.9 Å². The molecule has 50 heavy (non-hydrogen) atoms. The molecule has 10 nitrogen and oxygen atoms in total. The van der Waals surface area contributed by atoms with Gasteiger partial charge in [-0.2, -0.15) is 0 Å². The van der Waals surface area contributed by atoms with Crippen LogP contribution in [0.1, 0.15) is 119 Å². The van der Waals surface area contributed by atoms with E-state index in [1.807, 2.05) is 20.8 Å². The zero-order chi connectivity index (χ0) is 37.1. The Kier molecular flexibility index (Phi) is 16.7. The van der Waals surface area contributed by atoms with Crippen molar-refractivity contribution in [1.29, 1.82) is 0 Å². The lowest BCUT2D eigenvalue weighted by Gasteiger charge is -2.40. The standard InChI is InChI=1S/C40H68N2O8/c1-8-32(43)20-22-40(7,48)35(50-38(46)42-25-23-41(24-26-42)31-16-12-10-11-13-17-31)19-18-29(4)36(45)28(3)15-14-21-39(6,47)27-34-37(49-34)30(5)33(44)9-2/h14-15,18-19,21,29-35,37,43-44,47-48H,8-13,16-17,20,22-27H2,1-7H3/b19-18+,21-14+,28-15+. The Labute approximate surface area is 301 Å². The monoisotopic (exact) mass is 704 g/mol. The largest absolute Gasteiger partial charge is 0.439 e. The molecule has 0 aromatic heterocycles. The highest BCUT2D eigenvalue weighted by atomic mass is 16.6. The van der Waals surface area contributed by atoms with Gasteiger partial charge in [0.1, 0.15) is 5.60 Å². The molecular formula is C40H68N2O8. The summed E-state index contributed by atoms with van der Waals surface area (Å²) in [5.41, 5.74) is -2.10. The van der Waals surface area contributed by atoms with Gasteiger partial charge in [-0.25, -0.2) is 4.79 Å². The van der Waals surface area contributed by atoms with E-state index in [4.69, 9.17) is 9.47 Å². The number of epoxide rings is 1. The van der Waals surface area contributed by atoms with Crippen LogP contribution in [0, 0.1) is 11.8 Å². The van der Waals surface area contributed by atoms with Crippen LogP contribution < -0.4 is 0 Å². The van der Waals surface area contributed by atoms with Gasteiger partial charge in [-0.3, -0.25) is 9.69 Å². The molecule has 2 heterocycles. The molecule has 0 spiro atoms. The number of aliphatic hydroxyl groups excluding tert-OH is 2. The molecule has 0 bridgehead atoms. The van der Waals surface area contributed by atoms with Gasteiger partial charge in [0.15, 0.2) is 11.9 Å². The zero-order valence-corrected chi connectivity index (χ0v) is 31.9. The Bertz CT molecular complexity index is 1150. The summed E-state index contributed by atoms with van der Waals surface area (Å²) in [5.74, 6) is -0.701. The van der Waals surface area contributed by atoms with Crippen LogP contribution in [0.3, 0.4) is 0 Å². The number of nitrogens with zero attached hydrogens (tertiary/aromatic N) is 2. The first-order valence-corrected chi connectivity index (χ1v) is 19.3. The first-order valence-electron chi connectivity index (χ1n) is 19.3. The van der Waals surface area contributed by atoms with Crippen molar-refractivity contribution in [2.24, 2.45) is 11.8 Å². The second-order valence-electron chi connectivity index (χ2n) is 15.7. The SMILES string of the molecule is CCC(O)CCC(C)(O)C(/C=C/C(C)C(=O)/C(C)=C/C=C/C(C)(O)CC1OC1C(C)C(O)CC)OC(=O)N1CCN(C2CCCCCC2)CC1. The fourth-order valence-electron chi connectivity index (χ4n) is 7.30. The topological polar surface area (TPSA) is 143 Å². The summed E-state index contributed by atoms with van der Waals surface area (Å²) in [5, 5.41) is 42.7. The molecule has 3 aliphatic rings. The van der Waals surface area contributed by atoms with E-state index in [0.29, 0.717) is 50.4 Å². The summed E-state index contributed by atoms with van der Waals surface area (Å²) >= 11 is 0. The summed E-state index contributed by atoms with van der Waals surface area (Å²) in [7, 11) is 0. The lowest BCUT2D eigenvalue weighted by molar-refractivity contribution is -0.117. The van der Waals surface area contributed by atoms with Crippen LogP contribution >= 0.6 is 0 Å². The second-order valence-corrected chi connectivity index (χ2v) is 15.7. The lowest BCUT2D eigenvalue weighted by Crippen LogP contribution is -2.53. The number of hydrogen-bond donors (Lipinski definition) is 4. The molecule has 0 radical (unpaired) electrons.